The van der Waals surface area contributed by atoms with Crippen LogP contribution in [0.4, 0.5) is 4.39 Å². The van der Waals surface area contributed by atoms with E-state index >= 15 is 0 Å². The minimum absolute atomic E-state index is 0.0176. The van der Waals surface area contributed by atoms with E-state index in [0.29, 0.717) is 10.9 Å². The zero-order valence-electron chi connectivity index (χ0n) is 9.51. The average molecular weight is 271 g/mol. The van der Waals surface area contributed by atoms with Crippen molar-refractivity contribution in [1.29, 1.82) is 5.26 Å². The van der Waals surface area contributed by atoms with Crippen LogP contribution in [0.5, 0.6) is 0 Å². The minimum atomic E-state index is -0.533. The molecule has 3 rings (SSSR count). The van der Waals surface area contributed by atoms with Gasteiger partial charge in [-0.3, -0.25) is 0 Å². The molecule has 0 N–H and O–H groups in total. The smallest absolute Gasteiger partial charge is 0.344 e. The molecule has 5 heteroatoms. The predicted octanol–water partition coefficient (Wildman–Crippen LogP) is 3.53. The van der Waals surface area contributed by atoms with Crippen molar-refractivity contribution in [3.63, 3.8) is 0 Å². The van der Waals surface area contributed by atoms with Gasteiger partial charge in [-0.1, -0.05) is 0 Å². The van der Waals surface area contributed by atoms with Crippen LogP contribution in [-0.4, -0.2) is 0 Å². The quantitative estimate of drug-likeness (QED) is 0.636. The summed E-state index contributed by atoms with van der Waals surface area (Å²) in [6, 6.07) is 7.45. The van der Waals surface area contributed by atoms with Gasteiger partial charge in [0.25, 0.3) is 0 Å². The van der Waals surface area contributed by atoms with Crippen molar-refractivity contribution >= 4 is 22.3 Å². The van der Waals surface area contributed by atoms with Gasteiger partial charge < -0.3 is 4.42 Å². The fraction of sp³-hybridized carbons (Fsp3) is 0. The topological polar surface area (TPSA) is 54.0 Å². The van der Waals surface area contributed by atoms with Crippen LogP contribution in [-0.2, 0) is 0 Å². The van der Waals surface area contributed by atoms with E-state index in [1.807, 2.05) is 16.8 Å². The lowest BCUT2D eigenvalue weighted by atomic mass is 10.1. The van der Waals surface area contributed by atoms with Crippen LogP contribution in [0, 0.1) is 17.1 Å². The molecule has 0 amide bonds. The van der Waals surface area contributed by atoms with E-state index < -0.39 is 11.4 Å². The summed E-state index contributed by atoms with van der Waals surface area (Å²) in [4.78, 5) is 11.9. The first-order valence-corrected chi connectivity index (χ1v) is 6.33. The number of halogens is 1. The second kappa shape index (κ2) is 4.34. The lowest BCUT2D eigenvalue weighted by Gasteiger charge is -2.02. The maximum absolute atomic E-state index is 13.4. The van der Waals surface area contributed by atoms with Gasteiger partial charge in [0.1, 0.15) is 11.9 Å². The van der Waals surface area contributed by atoms with E-state index in [4.69, 9.17) is 9.68 Å². The van der Waals surface area contributed by atoms with Gasteiger partial charge in [-0.2, -0.15) is 16.6 Å². The summed E-state index contributed by atoms with van der Waals surface area (Å²) >= 11 is 1.45. The molecule has 3 aromatic rings. The first-order valence-electron chi connectivity index (χ1n) is 5.39. The predicted molar refractivity (Wildman–Crippen MR) is 70.5 cm³/mol. The Hall–Kier alpha value is -2.45. The number of thiophene rings is 1. The van der Waals surface area contributed by atoms with E-state index in [1.165, 1.54) is 17.4 Å². The number of rotatable bonds is 1. The molecule has 0 aliphatic heterocycles. The highest BCUT2D eigenvalue weighted by atomic mass is 32.1. The summed E-state index contributed by atoms with van der Waals surface area (Å²) in [6.07, 6.45) is 0. The summed E-state index contributed by atoms with van der Waals surface area (Å²) in [5.41, 5.74) is 0.692. The molecule has 0 atom stereocenters. The molecule has 2 heterocycles. The molecule has 0 aliphatic carbocycles. The number of benzene rings is 1. The lowest BCUT2D eigenvalue weighted by molar-refractivity contribution is 0.560. The van der Waals surface area contributed by atoms with Crippen molar-refractivity contribution < 1.29 is 8.81 Å². The second-order valence-corrected chi connectivity index (χ2v) is 4.72. The van der Waals surface area contributed by atoms with Gasteiger partial charge in [0, 0.05) is 5.39 Å². The summed E-state index contributed by atoms with van der Waals surface area (Å²) in [5.74, 6) is -0.533. The SMILES string of the molecule is N#Cc1cc(F)cc2cc(-c3ccsc3)c(=O)oc12. The van der Waals surface area contributed by atoms with Crippen LogP contribution in [0.1, 0.15) is 5.56 Å². The Morgan fingerprint density at radius 1 is 1.32 bits per heavy atom. The van der Waals surface area contributed by atoms with Crippen molar-refractivity contribution in [1.82, 2.24) is 0 Å². The van der Waals surface area contributed by atoms with Gasteiger partial charge in [-0.15, -0.1) is 0 Å². The van der Waals surface area contributed by atoms with Crippen LogP contribution in [0.25, 0.3) is 22.1 Å². The molecule has 92 valence electrons. The summed E-state index contributed by atoms with van der Waals surface area (Å²) in [6.45, 7) is 0. The van der Waals surface area contributed by atoms with E-state index in [2.05, 4.69) is 0 Å². The molecule has 3 nitrogen and oxygen atoms in total. The molecule has 0 unspecified atom stereocenters. The fourth-order valence-corrected chi connectivity index (χ4v) is 2.56. The highest BCUT2D eigenvalue weighted by Gasteiger charge is 2.12. The van der Waals surface area contributed by atoms with Crippen LogP contribution >= 0.6 is 11.3 Å². The molecule has 0 fully saturated rings. The van der Waals surface area contributed by atoms with Crippen molar-refractivity contribution in [2.24, 2.45) is 0 Å². The van der Waals surface area contributed by atoms with E-state index in [1.54, 1.807) is 12.1 Å². The van der Waals surface area contributed by atoms with E-state index in [9.17, 15) is 9.18 Å². The lowest BCUT2D eigenvalue weighted by Crippen LogP contribution is -2.03. The van der Waals surface area contributed by atoms with Crippen LogP contribution < -0.4 is 5.63 Å². The molecule has 0 saturated carbocycles. The third kappa shape index (κ3) is 1.92. The second-order valence-electron chi connectivity index (χ2n) is 3.94. The molecule has 0 saturated heterocycles. The molecule has 0 radical (unpaired) electrons. The zero-order valence-corrected chi connectivity index (χ0v) is 10.3. The van der Waals surface area contributed by atoms with Gasteiger partial charge in [0.15, 0.2) is 5.58 Å². The van der Waals surface area contributed by atoms with Gasteiger partial charge in [0.2, 0.25) is 0 Å². The molecule has 19 heavy (non-hydrogen) atoms. The molecule has 1 aromatic carbocycles. The normalized spacial score (nSPS) is 10.5. The Kier molecular flexibility index (Phi) is 2.65. The zero-order chi connectivity index (χ0) is 13.4. The van der Waals surface area contributed by atoms with E-state index in [0.717, 1.165) is 11.6 Å². The summed E-state index contributed by atoms with van der Waals surface area (Å²) in [5, 5.41) is 13.0. The Balaban J connectivity index is 2.39. The Morgan fingerprint density at radius 3 is 2.84 bits per heavy atom. The molecular formula is C14H6FNO2S. The standard InChI is InChI=1S/C14H6FNO2S/c15-11-3-9-5-12(8-1-2-19-7-8)14(17)18-13(9)10(4-11)6-16/h1-5,7H. The highest BCUT2D eigenvalue weighted by molar-refractivity contribution is 7.08. The Bertz CT molecular complexity index is 860. The highest BCUT2D eigenvalue weighted by Crippen LogP contribution is 2.25. The van der Waals surface area contributed by atoms with Gasteiger partial charge in [-0.05, 0) is 40.6 Å². The number of fused-ring (bicyclic) bond motifs is 1. The molecule has 0 spiro atoms. The number of nitriles is 1. The average Bonchev–Trinajstić information content (AvgIpc) is 2.91. The number of hydrogen-bond donors (Lipinski definition) is 0. The fourth-order valence-electron chi connectivity index (χ4n) is 1.90. The van der Waals surface area contributed by atoms with Crippen molar-refractivity contribution in [2.45, 2.75) is 0 Å². The number of hydrogen-bond acceptors (Lipinski definition) is 4. The van der Waals surface area contributed by atoms with Crippen molar-refractivity contribution in [3.8, 4) is 17.2 Å². The van der Waals surface area contributed by atoms with Crippen LogP contribution in [0.15, 0.2) is 44.2 Å². The molecule has 2 aromatic heterocycles. The Morgan fingerprint density at radius 2 is 2.16 bits per heavy atom. The maximum Gasteiger partial charge on any atom is 0.344 e. The van der Waals surface area contributed by atoms with Crippen LogP contribution in [0.2, 0.25) is 0 Å². The Labute approximate surface area is 111 Å². The number of nitrogens with zero attached hydrogens (tertiary/aromatic N) is 1. The van der Waals surface area contributed by atoms with Crippen molar-refractivity contribution in [2.75, 3.05) is 0 Å². The maximum atomic E-state index is 13.4. The van der Waals surface area contributed by atoms with Gasteiger partial charge in [0.05, 0.1) is 11.1 Å². The molecular weight excluding hydrogens is 265 g/mol. The monoisotopic (exact) mass is 271 g/mol. The minimum Gasteiger partial charge on any atom is -0.421 e. The molecule has 0 bridgehead atoms. The van der Waals surface area contributed by atoms with Crippen LogP contribution in [0.3, 0.4) is 0 Å². The first kappa shape index (κ1) is 11.6. The molecule has 0 aliphatic rings. The third-order valence-corrected chi connectivity index (χ3v) is 3.43. The summed E-state index contributed by atoms with van der Waals surface area (Å²) in [7, 11) is 0. The van der Waals surface area contributed by atoms with E-state index in [-0.39, 0.29) is 11.1 Å². The van der Waals surface area contributed by atoms with Crippen molar-refractivity contribution in [3.05, 3.63) is 56.8 Å². The summed E-state index contributed by atoms with van der Waals surface area (Å²) < 4.78 is 18.5. The first-order chi connectivity index (χ1) is 9.19. The third-order valence-electron chi connectivity index (χ3n) is 2.75. The largest absolute Gasteiger partial charge is 0.421 e. The van der Waals surface area contributed by atoms with Gasteiger partial charge in [-0.25, -0.2) is 9.18 Å². The van der Waals surface area contributed by atoms with Gasteiger partial charge >= 0.3 is 5.63 Å².